The highest BCUT2D eigenvalue weighted by Crippen LogP contribution is 2.50. The number of fused-ring (bicyclic) bond motifs is 6. The Labute approximate surface area is 220 Å². The van der Waals surface area contributed by atoms with Crippen LogP contribution >= 0.6 is 0 Å². The smallest absolute Gasteiger partial charge is 0.441 e. The number of halogens is 3. The molecule has 3 aromatic rings. The number of carbonyl (C=O) groups is 1. The third-order valence-electron chi connectivity index (χ3n) is 7.49. The molecule has 0 radical (unpaired) electrons. The summed E-state index contributed by atoms with van der Waals surface area (Å²) in [7, 11) is -8.51. The van der Waals surface area contributed by atoms with Crippen molar-refractivity contribution in [1.29, 1.82) is 0 Å². The molecule has 10 heteroatoms. The molecular formula is C28H27F3O5SSi. The zero-order valence-electron chi connectivity index (χ0n) is 21.8. The van der Waals surface area contributed by atoms with Crippen molar-refractivity contribution in [3.05, 3.63) is 88.0 Å². The minimum Gasteiger partial charge on any atom is -0.441 e. The van der Waals surface area contributed by atoms with Gasteiger partial charge in [0.25, 0.3) is 0 Å². The normalized spacial score (nSPS) is 20.0. The fourth-order valence-electron chi connectivity index (χ4n) is 5.47. The lowest BCUT2D eigenvalue weighted by atomic mass is 9.76. The van der Waals surface area contributed by atoms with Gasteiger partial charge in [0.05, 0.1) is 5.56 Å². The van der Waals surface area contributed by atoms with E-state index in [-0.39, 0.29) is 5.41 Å². The number of hydrogen-bond acceptors (Lipinski definition) is 5. The summed E-state index contributed by atoms with van der Waals surface area (Å²) in [6.45, 7) is 12.2. The summed E-state index contributed by atoms with van der Waals surface area (Å²) in [6.07, 6.45) is 0. The number of benzene rings is 3. The van der Waals surface area contributed by atoms with E-state index in [1.165, 1.54) is 18.2 Å². The molecule has 1 atom stereocenters. The van der Waals surface area contributed by atoms with Crippen molar-refractivity contribution < 1.29 is 35.3 Å². The summed E-state index contributed by atoms with van der Waals surface area (Å²) < 4.78 is 73.5. The molecule has 38 heavy (non-hydrogen) atoms. The molecule has 0 saturated heterocycles. The minimum atomic E-state index is -5.86. The van der Waals surface area contributed by atoms with E-state index in [1.807, 2.05) is 50.3 Å². The largest absolute Gasteiger partial charge is 0.534 e. The van der Waals surface area contributed by atoms with Crippen molar-refractivity contribution in [3.8, 4) is 5.75 Å². The van der Waals surface area contributed by atoms with Crippen LogP contribution in [-0.4, -0.2) is 28.0 Å². The molecule has 200 valence electrons. The lowest BCUT2D eigenvalue weighted by Crippen LogP contribution is -2.63. The van der Waals surface area contributed by atoms with Crippen molar-refractivity contribution in [2.45, 2.75) is 57.3 Å². The van der Waals surface area contributed by atoms with E-state index in [4.69, 9.17) is 4.74 Å². The minimum absolute atomic E-state index is 0.229. The molecule has 0 aromatic heterocycles. The van der Waals surface area contributed by atoms with Gasteiger partial charge in [-0.1, -0.05) is 69.8 Å². The predicted octanol–water partition coefficient (Wildman–Crippen LogP) is 5.12. The van der Waals surface area contributed by atoms with Crippen LogP contribution in [0.5, 0.6) is 5.75 Å². The lowest BCUT2D eigenvalue weighted by molar-refractivity contribution is -0.0500. The highest BCUT2D eigenvalue weighted by atomic mass is 32.2. The van der Waals surface area contributed by atoms with Gasteiger partial charge >= 0.3 is 21.6 Å². The average Bonchev–Trinajstić information content (AvgIpc) is 3.09. The Balaban J connectivity index is 1.84. The van der Waals surface area contributed by atoms with Crippen LogP contribution in [0.1, 0.15) is 58.9 Å². The van der Waals surface area contributed by atoms with Crippen molar-refractivity contribution >= 4 is 34.5 Å². The first-order chi connectivity index (χ1) is 17.4. The van der Waals surface area contributed by atoms with E-state index in [2.05, 4.69) is 25.0 Å². The van der Waals surface area contributed by atoms with E-state index >= 15 is 0 Å². The standard InChI is InChI=1S/C28H27F3O5SSi/c1-16-7-11-20-23(13-16)38(5,6)24-15-18(36-37(33,34)28(29,30)31)9-12-21(24)27(20)22-14-17(26(2,3)4)8-10-19(22)25(32)35-27/h7-15H,1-6H3. The zero-order valence-corrected chi connectivity index (χ0v) is 23.6. The Morgan fingerprint density at radius 3 is 2.08 bits per heavy atom. The fourth-order valence-corrected chi connectivity index (χ4v) is 9.17. The van der Waals surface area contributed by atoms with Crippen LogP contribution in [0.15, 0.2) is 54.6 Å². The SMILES string of the molecule is Cc1ccc2c(c1)[Si](C)(C)c1cc(OS(=O)(=O)C(F)(F)F)ccc1C21OC(=O)c2ccc(C(C)(C)C)cc21. The van der Waals surface area contributed by atoms with Crippen molar-refractivity contribution in [2.24, 2.45) is 0 Å². The van der Waals surface area contributed by atoms with E-state index < -0.39 is 41.0 Å². The summed E-state index contributed by atoms with van der Waals surface area (Å²) in [6, 6.07) is 15.6. The third-order valence-corrected chi connectivity index (χ3v) is 12.0. The molecule has 0 N–H and O–H groups in total. The molecule has 3 aromatic carbocycles. The predicted molar refractivity (Wildman–Crippen MR) is 140 cm³/mol. The average molecular weight is 561 g/mol. The third kappa shape index (κ3) is 3.71. The van der Waals surface area contributed by atoms with Crippen molar-refractivity contribution in [1.82, 2.24) is 0 Å². The van der Waals surface area contributed by atoms with E-state index in [1.54, 1.807) is 6.07 Å². The van der Waals surface area contributed by atoms with Crippen molar-refractivity contribution in [2.75, 3.05) is 0 Å². The molecular weight excluding hydrogens is 533 g/mol. The number of alkyl halides is 3. The van der Waals surface area contributed by atoms with Crippen LogP contribution in [-0.2, 0) is 25.9 Å². The van der Waals surface area contributed by atoms with E-state index in [0.29, 0.717) is 21.9 Å². The van der Waals surface area contributed by atoms with Crippen LogP contribution in [0.2, 0.25) is 13.1 Å². The van der Waals surface area contributed by atoms with Crippen LogP contribution in [0.25, 0.3) is 0 Å². The maximum atomic E-state index is 13.3. The first-order valence-corrected chi connectivity index (χ1v) is 16.5. The van der Waals surface area contributed by atoms with Gasteiger partial charge in [-0.05, 0) is 52.5 Å². The van der Waals surface area contributed by atoms with E-state index in [9.17, 15) is 26.4 Å². The Morgan fingerprint density at radius 2 is 1.47 bits per heavy atom. The Bertz CT molecular complexity index is 1620. The van der Waals surface area contributed by atoms with Gasteiger partial charge < -0.3 is 8.92 Å². The fraction of sp³-hybridized carbons (Fsp3) is 0.321. The second-order valence-corrected chi connectivity index (χ2v) is 17.3. The first kappa shape index (κ1) is 26.5. The van der Waals surface area contributed by atoms with Gasteiger partial charge in [0.2, 0.25) is 0 Å². The summed E-state index contributed by atoms with van der Waals surface area (Å²) in [5.74, 6) is -0.944. The van der Waals surface area contributed by atoms with E-state index in [0.717, 1.165) is 21.9 Å². The molecule has 0 saturated carbocycles. The molecule has 2 aliphatic heterocycles. The highest BCUT2D eigenvalue weighted by molar-refractivity contribution is 7.88. The topological polar surface area (TPSA) is 69.7 Å². The molecule has 1 unspecified atom stereocenters. The number of ether oxygens (including phenoxy) is 1. The quantitative estimate of drug-likeness (QED) is 0.188. The van der Waals surface area contributed by atoms with Gasteiger partial charge in [0.1, 0.15) is 13.8 Å². The van der Waals surface area contributed by atoms with Gasteiger partial charge in [0.15, 0.2) is 5.60 Å². The summed E-state index contributed by atoms with van der Waals surface area (Å²) in [5, 5.41) is 1.58. The second-order valence-electron chi connectivity index (χ2n) is 11.4. The molecule has 2 aliphatic rings. The lowest BCUT2D eigenvalue weighted by Gasteiger charge is -2.44. The number of rotatable bonds is 2. The van der Waals surface area contributed by atoms with Gasteiger partial charge in [-0.25, -0.2) is 4.79 Å². The Hall–Kier alpha value is -3.11. The summed E-state index contributed by atoms with van der Waals surface area (Å²) in [5.41, 5.74) is -2.69. The molecule has 0 fully saturated rings. The maximum Gasteiger partial charge on any atom is 0.534 e. The van der Waals surface area contributed by atoms with Crippen LogP contribution in [0.3, 0.4) is 0 Å². The molecule has 5 rings (SSSR count). The zero-order chi connectivity index (χ0) is 28.1. The second kappa shape index (κ2) is 7.95. The summed E-state index contributed by atoms with van der Waals surface area (Å²) >= 11 is 0. The first-order valence-electron chi connectivity index (χ1n) is 12.1. The Kier molecular flexibility index (Phi) is 5.54. The number of esters is 1. The molecule has 1 spiro atoms. The van der Waals surface area contributed by atoms with Gasteiger partial charge in [-0.3, -0.25) is 0 Å². The molecule has 0 aliphatic carbocycles. The molecule has 0 bridgehead atoms. The van der Waals surface area contributed by atoms with Gasteiger partial charge in [-0.2, -0.15) is 21.6 Å². The highest BCUT2D eigenvalue weighted by Gasteiger charge is 2.56. The van der Waals surface area contributed by atoms with Gasteiger partial charge in [0, 0.05) is 16.7 Å². The molecule has 2 heterocycles. The van der Waals surface area contributed by atoms with Gasteiger partial charge in [-0.15, -0.1) is 0 Å². The van der Waals surface area contributed by atoms with Crippen LogP contribution in [0.4, 0.5) is 13.2 Å². The maximum absolute atomic E-state index is 13.3. The molecule has 5 nitrogen and oxygen atoms in total. The monoisotopic (exact) mass is 560 g/mol. The number of aryl methyl sites for hydroxylation is 1. The van der Waals surface area contributed by atoms with Crippen LogP contribution < -0.4 is 14.6 Å². The summed E-state index contributed by atoms with van der Waals surface area (Å²) in [4.78, 5) is 13.3. The van der Waals surface area contributed by atoms with Crippen molar-refractivity contribution in [3.63, 3.8) is 0 Å². The number of carbonyl (C=O) groups excluding carboxylic acids is 1. The Morgan fingerprint density at radius 1 is 0.868 bits per heavy atom. The molecule has 0 amide bonds. The van der Waals surface area contributed by atoms with Crippen LogP contribution in [0, 0.1) is 6.92 Å². The number of hydrogen-bond donors (Lipinski definition) is 0.